The third-order valence-electron chi connectivity index (χ3n) is 3.05. The fraction of sp³-hybridized carbons (Fsp3) is 0.818. The van der Waals surface area contributed by atoms with Crippen LogP contribution in [0.1, 0.15) is 12.8 Å². The van der Waals surface area contributed by atoms with Crippen molar-refractivity contribution in [3.8, 4) is 0 Å². The van der Waals surface area contributed by atoms with Crippen LogP contribution in [-0.2, 0) is 4.79 Å². The lowest BCUT2D eigenvalue weighted by atomic mass is 9.97. The van der Waals surface area contributed by atoms with Crippen molar-refractivity contribution in [1.82, 2.24) is 20.9 Å². The lowest BCUT2D eigenvalue weighted by Gasteiger charge is -2.31. The number of carbonyl (C=O) groups is 2. The lowest BCUT2D eigenvalue weighted by Crippen LogP contribution is -2.46. The molecule has 3 N–H and O–H groups in total. The summed E-state index contributed by atoms with van der Waals surface area (Å²) >= 11 is 0. The fourth-order valence-corrected chi connectivity index (χ4v) is 2.07. The van der Waals surface area contributed by atoms with E-state index in [1.807, 2.05) is 7.05 Å². The fourth-order valence-electron chi connectivity index (χ4n) is 2.07. The number of nitrogens with zero attached hydrogens (tertiary/aromatic N) is 1. The van der Waals surface area contributed by atoms with Gasteiger partial charge in [-0.3, -0.25) is 15.0 Å². The van der Waals surface area contributed by atoms with Crippen molar-refractivity contribution in [2.75, 3.05) is 40.3 Å². The molecule has 0 atom stereocenters. The molecule has 0 spiro atoms. The molecule has 0 saturated carbocycles. The quantitative estimate of drug-likeness (QED) is 0.666. The standard InChI is InChI=1S/C11H22N4O2.ClH/c1-12-7-9-3-5-15(6-4-9)8-10(16)14-11(17)13-2;/h9,12H,3-8H2,1-2H3,(H2,13,14,16,17);1H. The van der Waals surface area contributed by atoms with E-state index >= 15 is 0 Å². The van der Waals surface area contributed by atoms with Gasteiger partial charge in [0.05, 0.1) is 6.54 Å². The Morgan fingerprint density at radius 3 is 2.33 bits per heavy atom. The highest BCUT2D eigenvalue weighted by Crippen LogP contribution is 2.15. The van der Waals surface area contributed by atoms with Crippen LogP contribution in [0.15, 0.2) is 0 Å². The summed E-state index contributed by atoms with van der Waals surface area (Å²) < 4.78 is 0. The van der Waals surface area contributed by atoms with E-state index in [0.717, 1.165) is 32.5 Å². The number of rotatable bonds is 4. The van der Waals surface area contributed by atoms with Gasteiger partial charge in [0, 0.05) is 7.05 Å². The topological polar surface area (TPSA) is 73.5 Å². The van der Waals surface area contributed by atoms with Crippen LogP contribution in [-0.4, -0.2) is 57.1 Å². The van der Waals surface area contributed by atoms with Gasteiger partial charge in [-0.1, -0.05) is 0 Å². The number of carbonyl (C=O) groups excluding carboxylic acids is 2. The molecule has 7 heteroatoms. The van der Waals surface area contributed by atoms with Crippen LogP contribution >= 0.6 is 12.4 Å². The Labute approximate surface area is 114 Å². The molecule has 1 rings (SSSR count). The van der Waals surface area contributed by atoms with Gasteiger partial charge in [-0.05, 0) is 45.4 Å². The van der Waals surface area contributed by atoms with Gasteiger partial charge >= 0.3 is 6.03 Å². The van der Waals surface area contributed by atoms with Crippen LogP contribution in [0.3, 0.4) is 0 Å². The van der Waals surface area contributed by atoms with Gasteiger partial charge in [0.1, 0.15) is 0 Å². The van der Waals surface area contributed by atoms with Crippen LogP contribution in [0, 0.1) is 5.92 Å². The number of hydrogen-bond donors (Lipinski definition) is 3. The molecule has 1 aliphatic heterocycles. The Hall–Kier alpha value is -0.850. The molecular formula is C11H23ClN4O2. The van der Waals surface area contributed by atoms with Crippen molar-refractivity contribution < 1.29 is 9.59 Å². The molecule has 18 heavy (non-hydrogen) atoms. The second-order valence-corrected chi connectivity index (χ2v) is 4.40. The Morgan fingerprint density at radius 2 is 1.83 bits per heavy atom. The Bertz CT molecular complexity index is 268. The summed E-state index contributed by atoms with van der Waals surface area (Å²) in [5.74, 6) is 0.467. The molecule has 106 valence electrons. The number of likely N-dealkylation sites (tertiary alicyclic amines) is 1. The zero-order chi connectivity index (χ0) is 12.7. The van der Waals surface area contributed by atoms with Crippen LogP contribution in [0.4, 0.5) is 4.79 Å². The third kappa shape index (κ3) is 6.18. The second-order valence-electron chi connectivity index (χ2n) is 4.40. The van der Waals surface area contributed by atoms with Gasteiger partial charge in [0.25, 0.3) is 0 Å². The maximum atomic E-state index is 11.5. The minimum Gasteiger partial charge on any atom is -0.341 e. The summed E-state index contributed by atoms with van der Waals surface area (Å²) in [7, 11) is 3.45. The molecule has 1 fully saturated rings. The van der Waals surface area contributed by atoms with Crippen LogP contribution < -0.4 is 16.0 Å². The smallest absolute Gasteiger partial charge is 0.321 e. The first-order chi connectivity index (χ1) is 8.15. The molecule has 0 aromatic carbocycles. The Kier molecular flexibility index (Phi) is 8.70. The highest BCUT2D eigenvalue weighted by atomic mass is 35.5. The minimum absolute atomic E-state index is 0. The monoisotopic (exact) mass is 278 g/mol. The summed E-state index contributed by atoms with van der Waals surface area (Å²) in [6, 6.07) is -0.444. The van der Waals surface area contributed by atoms with Crippen molar-refractivity contribution in [3.05, 3.63) is 0 Å². The van der Waals surface area contributed by atoms with Gasteiger partial charge in [-0.25, -0.2) is 4.79 Å². The predicted molar refractivity (Wildman–Crippen MR) is 72.9 cm³/mol. The van der Waals surface area contributed by atoms with Crippen molar-refractivity contribution in [1.29, 1.82) is 0 Å². The lowest BCUT2D eigenvalue weighted by molar-refractivity contribution is -0.121. The first kappa shape index (κ1) is 17.2. The number of amides is 3. The molecule has 3 amide bonds. The minimum atomic E-state index is -0.444. The summed E-state index contributed by atoms with van der Waals surface area (Å²) in [6.45, 7) is 3.19. The van der Waals surface area contributed by atoms with Crippen molar-refractivity contribution >= 4 is 24.3 Å². The molecule has 1 saturated heterocycles. The Balaban J connectivity index is 0.00000289. The van der Waals surface area contributed by atoms with Crippen molar-refractivity contribution in [2.24, 2.45) is 5.92 Å². The molecular weight excluding hydrogens is 256 g/mol. The summed E-state index contributed by atoms with van der Waals surface area (Å²) in [4.78, 5) is 24.5. The van der Waals surface area contributed by atoms with Gasteiger partial charge in [-0.2, -0.15) is 0 Å². The number of hydrogen-bond acceptors (Lipinski definition) is 4. The first-order valence-corrected chi connectivity index (χ1v) is 6.04. The van der Waals surface area contributed by atoms with E-state index in [1.54, 1.807) is 0 Å². The average Bonchev–Trinajstić information content (AvgIpc) is 2.31. The molecule has 0 aliphatic carbocycles. The number of halogens is 1. The SMILES string of the molecule is CNCC1CCN(CC(=O)NC(=O)NC)CC1.Cl. The first-order valence-electron chi connectivity index (χ1n) is 6.04. The van der Waals surface area contributed by atoms with E-state index in [2.05, 4.69) is 20.9 Å². The van der Waals surface area contributed by atoms with Crippen LogP contribution in [0.5, 0.6) is 0 Å². The molecule has 1 aliphatic rings. The van der Waals surface area contributed by atoms with E-state index in [0.29, 0.717) is 12.5 Å². The highest BCUT2D eigenvalue weighted by molar-refractivity contribution is 5.95. The molecule has 0 aromatic rings. The van der Waals surface area contributed by atoms with Crippen molar-refractivity contribution in [3.63, 3.8) is 0 Å². The summed E-state index contributed by atoms with van der Waals surface area (Å²) in [5.41, 5.74) is 0. The normalized spacial score (nSPS) is 16.8. The number of piperidine rings is 1. The average molecular weight is 279 g/mol. The van der Waals surface area contributed by atoms with Crippen LogP contribution in [0.25, 0.3) is 0 Å². The van der Waals surface area contributed by atoms with Gasteiger partial charge < -0.3 is 10.6 Å². The zero-order valence-corrected chi connectivity index (χ0v) is 11.8. The van der Waals surface area contributed by atoms with Gasteiger partial charge in [-0.15, -0.1) is 12.4 Å². The molecule has 6 nitrogen and oxygen atoms in total. The molecule has 0 radical (unpaired) electrons. The van der Waals surface area contributed by atoms with E-state index in [9.17, 15) is 9.59 Å². The highest BCUT2D eigenvalue weighted by Gasteiger charge is 2.20. The maximum absolute atomic E-state index is 11.5. The molecule has 0 aromatic heterocycles. The summed E-state index contributed by atoms with van der Waals surface area (Å²) in [6.07, 6.45) is 2.21. The molecule has 0 unspecified atom stereocenters. The van der Waals surface area contributed by atoms with E-state index in [4.69, 9.17) is 0 Å². The number of urea groups is 1. The van der Waals surface area contributed by atoms with Gasteiger partial charge in [0.2, 0.25) is 5.91 Å². The van der Waals surface area contributed by atoms with E-state index in [1.165, 1.54) is 7.05 Å². The maximum Gasteiger partial charge on any atom is 0.321 e. The molecule has 1 heterocycles. The second kappa shape index (κ2) is 9.13. The van der Waals surface area contributed by atoms with E-state index < -0.39 is 6.03 Å². The largest absolute Gasteiger partial charge is 0.341 e. The molecule has 0 bridgehead atoms. The third-order valence-corrected chi connectivity index (χ3v) is 3.05. The van der Waals surface area contributed by atoms with Crippen LogP contribution in [0.2, 0.25) is 0 Å². The number of nitrogens with one attached hydrogen (secondary N) is 3. The van der Waals surface area contributed by atoms with Gasteiger partial charge in [0.15, 0.2) is 0 Å². The van der Waals surface area contributed by atoms with E-state index in [-0.39, 0.29) is 18.3 Å². The Morgan fingerprint density at radius 1 is 1.22 bits per heavy atom. The number of imide groups is 1. The van der Waals surface area contributed by atoms with Crippen molar-refractivity contribution in [2.45, 2.75) is 12.8 Å². The summed E-state index contributed by atoms with van der Waals surface area (Å²) in [5, 5.41) is 7.81. The zero-order valence-electron chi connectivity index (χ0n) is 11.0. The predicted octanol–water partition coefficient (Wildman–Crippen LogP) is -0.205.